The number of amides is 4. The maximum absolute atomic E-state index is 13.4. The Morgan fingerprint density at radius 3 is 2.27 bits per heavy atom. The SMILES string of the molecule is CCC(NC(=O)[C@@]([SiH3])(CC(C)C)NC(=O)NCc1ccccc1)C(=O)C(=O)NCc1cccc(Cl)c1C. The fourth-order valence-electron chi connectivity index (χ4n) is 4.02. The van der Waals surface area contributed by atoms with E-state index in [4.69, 9.17) is 11.6 Å². The summed E-state index contributed by atoms with van der Waals surface area (Å²) in [5, 5.41) is 10.4. The summed E-state index contributed by atoms with van der Waals surface area (Å²) in [6.07, 6.45) is 0.627. The van der Waals surface area contributed by atoms with Crippen LogP contribution in [0.15, 0.2) is 48.5 Å². The molecule has 4 amide bonds. The normalized spacial score (nSPS) is 13.4. The van der Waals surface area contributed by atoms with Gasteiger partial charge in [0.15, 0.2) is 0 Å². The van der Waals surface area contributed by atoms with Crippen molar-refractivity contribution in [3.63, 3.8) is 0 Å². The van der Waals surface area contributed by atoms with Gasteiger partial charge in [0.1, 0.15) is 0 Å². The maximum Gasteiger partial charge on any atom is 0.315 e. The molecular formula is C27H37ClN4O4Si. The zero-order valence-corrected chi connectivity index (χ0v) is 24.9. The van der Waals surface area contributed by atoms with E-state index in [1.54, 1.807) is 19.1 Å². The predicted molar refractivity (Wildman–Crippen MR) is 149 cm³/mol. The molecule has 0 radical (unpaired) electrons. The Hall–Kier alpha value is -3.17. The molecule has 4 N–H and O–H groups in total. The van der Waals surface area contributed by atoms with Gasteiger partial charge in [-0.1, -0.05) is 74.8 Å². The fourth-order valence-corrected chi connectivity index (χ4v) is 5.41. The lowest BCUT2D eigenvalue weighted by atomic mass is 10.0. The van der Waals surface area contributed by atoms with Gasteiger partial charge in [-0.05, 0) is 48.4 Å². The zero-order valence-electron chi connectivity index (χ0n) is 22.1. The van der Waals surface area contributed by atoms with Crippen molar-refractivity contribution in [1.82, 2.24) is 21.3 Å². The minimum absolute atomic E-state index is 0.109. The molecule has 0 spiro atoms. The number of urea groups is 1. The molecule has 2 rings (SSSR count). The summed E-state index contributed by atoms with van der Waals surface area (Å²) >= 11 is 6.13. The van der Waals surface area contributed by atoms with Crippen molar-refractivity contribution >= 4 is 45.5 Å². The van der Waals surface area contributed by atoms with Gasteiger partial charge in [-0.25, -0.2) is 4.79 Å². The summed E-state index contributed by atoms with van der Waals surface area (Å²) < 4.78 is 0. The Morgan fingerprint density at radius 1 is 0.973 bits per heavy atom. The first-order chi connectivity index (χ1) is 17.5. The minimum Gasteiger partial charge on any atom is -0.345 e. The topological polar surface area (TPSA) is 116 Å². The van der Waals surface area contributed by atoms with Crippen LogP contribution in [0.4, 0.5) is 4.79 Å². The summed E-state index contributed by atoms with van der Waals surface area (Å²) in [5.41, 5.74) is 2.55. The lowest BCUT2D eigenvalue weighted by molar-refractivity contribution is -0.140. The van der Waals surface area contributed by atoms with E-state index in [1.165, 1.54) is 0 Å². The molecule has 0 saturated carbocycles. The van der Waals surface area contributed by atoms with E-state index in [9.17, 15) is 19.2 Å². The highest BCUT2D eigenvalue weighted by molar-refractivity contribution is 6.39. The molecule has 200 valence electrons. The van der Waals surface area contributed by atoms with Crippen molar-refractivity contribution < 1.29 is 19.2 Å². The molecule has 1 unspecified atom stereocenters. The van der Waals surface area contributed by atoms with Gasteiger partial charge in [-0.3, -0.25) is 14.4 Å². The van der Waals surface area contributed by atoms with Gasteiger partial charge in [0.05, 0.1) is 11.2 Å². The highest BCUT2D eigenvalue weighted by Gasteiger charge is 2.38. The number of Topliss-reactive ketones (excluding diaryl/α,β-unsaturated/α-hetero) is 1. The number of carbonyl (C=O) groups excluding carboxylic acids is 4. The molecule has 0 aliphatic rings. The summed E-state index contributed by atoms with van der Waals surface area (Å²) in [6, 6.07) is 13.3. The lowest BCUT2D eigenvalue weighted by Gasteiger charge is -2.33. The van der Waals surface area contributed by atoms with Crippen LogP contribution >= 0.6 is 11.6 Å². The van der Waals surface area contributed by atoms with Crippen LogP contribution < -0.4 is 21.3 Å². The number of ketones is 1. The monoisotopic (exact) mass is 544 g/mol. The van der Waals surface area contributed by atoms with Gasteiger partial charge in [0, 0.05) is 28.4 Å². The van der Waals surface area contributed by atoms with Gasteiger partial charge in [-0.2, -0.15) is 0 Å². The summed E-state index contributed by atoms with van der Waals surface area (Å²) in [6.45, 7) is 7.92. The molecule has 8 nitrogen and oxygen atoms in total. The Balaban J connectivity index is 2.03. The van der Waals surface area contributed by atoms with Crippen molar-refractivity contribution in [2.45, 2.75) is 64.8 Å². The Bertz CT molecular complexity index is 1110. The lowest BCUT2D eigenvalue weighted by Crippen LogP contribution is -2.64. The maximum atomic E-state index is 13.4. The number of hydrogen-bond acceptors (Lipinski definition) is 4. The summed E-state index contributed by atoms with van der Waals surface area (Å²) in [7, 11) is 0.300. The number of carbonyl (C=O) groups is 4. The molecule has 0 heterocycles. The number of benzene rings is 2. The average molecular weight is 545 g/mol. The van der Waals surface area contributed by atoms with Gasteiger partial charge >= 0.3 is 6.03 Å². The third kappa shape index (κ3) is 9.01. The van der Waals surface area contributed by atoms with Crippen LogP contribution in [-0.4, -0.2) is 45.1 Å². The molecule has 0 bridgehead atoms. The second kappa shape index (κ2) is 13.9. The van der Waals surface area contributed by atoms with E-state index in [0.29, 0.717) is 28.2 Å². The average Bonchev–Trinajstić information content (AvgIpc) is 2.86. The Kier molecular flexibility index (Phi) is 11.3. The third-order valence-electron chi connectivity index (χ3n) is 6.08. The first-order valence-corrected chi connectivity index (χ1v) is 13.8. The van der Waals surface area contributed by atoms with E-state index in [-0.39, 0.29) is 18.9 Å². The molecule has 2 aromatic rings. The molecule has 0 aliphatic carbocycles. The molecule has 0 aliphatic heterocycles. The Labute approximate surface area is 226 Å². The van der Waals surface area contributed by atoms with Crippen LogP contribution in [0.2, 0.25) is 5.02 Å². The van der Waals surface area contributed by atoms with Crippen LogP contribution in [0.3, 0.4) is 0 Å². The van der Waals surface area contributed by atoms with E-state index in [1.807, 2.05) is 57.2 Å². The van der Waals surface area contributed by atoms with Crippen molar-refractivity contribution in [1.29, 1.82) is 0 Å². The first-order valence-electron chi connectivity index (χ1n) is 12.4. The third-order valence-corrected chi connectivity index (χ3v) is 7.60. The second-order valence-corrected chi connectivity index (χ2v) is 11.8. The molecule has 37 heavy (non-hydrogen) atoms. The number of hydrogen-bond donors (Lipinski definition) is 4. The fraction of sp³-hybridized carbons (Fsp3) is 0.407. The largest absolute Gasteiger partial charge is 0.345 e. The van der Waals surface area contributed by atoms with E-state index >= 15 is 0 Å². The minimum atomic E-state index is -1.16. The van der Waals surface area contributed by atoms with Crippen LogP contribution in [0.25, 0.3) is 0 Å². The number of halogens is 1. The molecule has 2 aromatic carbocycles. The van der Waals surface area contributed by atoms with Gasteiger partial charge in [-0.15, -0.1) is 0 Å². The van der Waals surface area contributed by atoms with Crippen molar-refractivity contribution in [2.75, 3.05) is 0 Å². The van der Waals surface area contributed by atoms with E-state index in [0.717, 1.165) is 16.7 Å². The highest BCUT2D eigenvalue weighted by Crippen LogP contribution is 2.18. The molecular weight excluding hydrogens is 508 g/mol. The van der Waals surface area contributed by atoms with Gasteiger partial charge in [0.25, 0.3) is 5.91 Å². The van der Waals surface area contributed by atoms with Crippen molar-refractivity contribution in [2.24, 2.45) is 5.92 Å². The van der Waals surface area contributed by atoms with Crippen molar-refractivity contribution in [3.05, 3.63) is 70.2 Å². The van der Waals surface area contributed by atoms with Gasteiger partial charge < -0.3 is 21.3 Å². The molecule has 10 heteroatoms. The number of rotatable bonds is 12. The van der Waals surface area contributed by atoms with E-state index in [2.05, 4.69) is 21.3 Å². The molecule has 0 aromatic heterocycles. The predicted octanol–water partition coefficient (Wildman–Crippen LogP) is 2.34. The molecule has 2 atom stereocenters. The zero-order chi connectivity index (χ0) is 27.6. The van der Waals surface area contributed by atoms with Crippen LogP contribution in [0.5, 0.6) is 0 Å². The van der Waals surface area contributed by atoms with Crippen molar-refractivity contribution in [3.8, 4) is 0 Å². The summed E-state index contributed by atoms with van der Waals surface area (Å²) in [4.78, 5) is 51.5. The van der Waals surface area contributed by atoms with Gasteiger partial charge in [0.2, 0.25) is 11.7 Å². The quantitative estimate of drug-likeness (QED) is 0.242. The van der Waals surface area contributed by atoms with Crippen LogP contribution in [0.1, 0.15) is 50.3 Å². The highest BCUT2D eigenvalue weighted by atomic mass is 35.5. The summed E-state index contributed by atoms with van der Waals surface area (Å²) in [5.74, 6) is -1.89. The Morgan fingerprint density at radius 2 is 1.65 bits per heavy atom. The molecule has 0 fully saturated rings. The standard InChI is InChI=1S/C27H37ClN4O4Si/c1-5-22(23(33)24(34)29-16-20-12-9-13-21(28)18(20)4)31-25(35)27(37,14-17(2)3)32-26(36)30-15-19-10-7-6-8-11-19/h6-13,17,22H,5,14-16H2,1-4,37H3,(H,29,34)(H,31,35)(H2,30,32,36)/t22?,27-/m0/s1. The van der Waals surface area contributed by atoms with E-state index < -0.39 is 34.8 Å². The van der Waals surface area contributed by atoms with Crippen LogP contribution in [-0.2, 0) is 27.5 Å². The first kappa shape index (κ1) is 30.1. The number of nitrogens with one attached hydrogen (secondary N) is 4. The second-order valence-electron chi connectivity index (χ2n) is 9.73. The smallest absolute Gasteiger partial charge is 0.315 e. The molecule has 0 saturated heterocycles. The van der Waals surface area contributed by atoms with Crippen LogP contribution in [0, 0.1) is 12.8 Å².